The minimum atomic E-state index is -0.0476. The Hall–Kier alpha value is -2.90. The van der Waals surface area contributed by atoms with Crippen LogP contribution in [0.1, 0.15) is 34.7 Å². The monoisotopic (exact) mass is 449 g/mol. The number of hydrogen-bond acceptors (Lipinski definition) is 4. The Kier molecular flexibility index (Phi) is 6.48. The second-order valence-corrected chi connectivity index (χ2v) is 8.77. The molecule has 0 saturated carbocycles. The maximum Gasteiger partial charge on any atom is 0.174 e. The van der Waals surface area contributed by atoms with Crippen molar-refractivity contribution in [2.24, 2.45) is 0 Å². The molecule has 0 amide bonds. The number of rotatable bonds is 7. The van der Waals surface area contributed by atoms with Gasteiger partial charge in [0.1, 0.15) is 0 Å². The first-order valence-corrected chi connectivity index (χ1v) is 11.3. The van der Waals surface area contributed by atoms with Crippen LogP contribution in [0.15, 0.2) is 54.7 Å². The second-order valence-electron chi connectivity index (χ2n) is 8.38. The second kappa shape index (κ2) is 9.30. The SMILES string of the molecule is COCCn1c(C)cc([C@H]2[C@@H](c3ccccn3)NC(=S)N2c2ccc(N(C)C)cc2)c1C. The molecule has 0 bridgehead atoms. The van der Waals surface area contributed by atoms with E-state index in [4.69, 9.17) is 17.0 Å². The molecule has 1 aliphatic heterocycles. The van der Waals surface area contributed by atoms with Gasteiger partial charge in [-0.2, -0.15) is 0 Å². The fourth-order valence-corrected chi connectivity index (χ4v) is 4.86. The van der Waals surface area contributed by atoms with E-state index in [1.165, 1.54) is 17.0 Å². The van der Waals surface area contributed by atoms with E-state index in [9.17, 15) is 0 Å². The predicted octanol–water partition coefficient (Wildman–Crippen LogP) is 4.39. The maximum absolute atomic E-state index is 5.86. The fourth-order valence-electron chi connectivity index (χ4n) is 4.51. The van der Waals surface area contributed by atoms with E-state index >= 15 is 0 Å². The number of hydrogen-bond donors (Lipinski definition) is 1. The summed E-state index contributed by atoms with van der Waals surface area (Å²) in [7, 11) is 5.84. The lowest BCUT2D eigenvalue weighted by Gasteiger charge is -2.28. The average Bonchev–Trinajstić information content (AvgIpc) is 3.28. The van der Waals surface area contributed by atoms with Crippen LogP contribution in [0.25, 0.3) is 0 Å². The van der Waals surface area contributed by atoms with Crippen LogP contribution >= 0.6 is 12.2 Å². The normalized spacial score (nSPS) is 18.2. The van der Waals surface area contributed by atoms with Gasteiger partial charge in [-0.3, -0.25) is 4.98 Å². The number of aromatic nitrogens is 2. The Bertz CT molecular complexity index is 1080. The zero-order chi connectivity index (χ0) is 22.8. The van der Waals surface area contributed by atoms with E-state index in [2.05, 4.69) is 74.9 Å². The summed E-state index contributed by atoms with van der Waals surface area (Å²) < 4.78 is 7.66. The molecule has 4 rings (SSSR count). The highest BCUT2D eigenvalue weighted by atomic mass is 32.1. The Balaban J connectivity index is 1.81. The van der Waals surface area contributed by atoms with Gasteiger partial charge >= 0.3 is 0 Å². The molecule has 1 N–H and O–H groups in total. The molecule has 1 aliphatic rings. The Morgan fingerprint density at radius 1 is 1.12 bits per heavy atom. The first kappa shape index (κ1) is 22.3. The molecular formula is C25H31N5OS. The van der Waals surface area contributed by atoms with Crippen LogP contribution in [0.4, 0.5) is 11.4 Å². The van der Waals surface area contributed by atoms with Crippen molar-refractivity contribution in [3.63, 3.8) is 0 Å². The van der Waals surface area contributed by atoms with Crippen molar-refractivity contribution in [3.8, 4) is 0 Å². The smallest absolute Gasteiger partial charge is 0.174 e. The van der Waals surface area contributed by atoms with Crippen molar-refractivity contribution in [2.45, 2.75) is 32.5 Å². The van der Waals surface area contributed by atoms with E-state index in [0.29, 0.717) is 11.7 Å². The largest absolute Gasteiger partial charge is 0.383 e. The molecule has 2 atom stereocenters. The highest BCUT2D eigenvalue weighted by Crippen LogP contribution is 2.43. The summed E-state index contributed by atoms with van der Waals surface area (Å²) in [5.74, 6) is 0. The van der Waals surface area contributed by atoms with Gasteiger partial charge in [0.25, 0.3) is 0 Å². The Morgan fingerprint density at radius 3 is 2.50 bits per heavy atom. The van der Waals surface area contributed by atoms with Gasteiger partial charge in [-0.05, 0) is 74.1 Å². The average molecular weight is 450 g/mol. The van der Waals surface area contributed by atoms with Crippen LogP contribution in [-0.4, -0.2) is 42.5 Å². The standard InChI is InChI=1S/C25H31N5OS/c1-17-16-21(18(2)29(17)14-15-31-5)24-23(22-8-6-7-13-26-22)27-25(32)30(24)20-11-9-19(10-12-20)28(3)4/h6-13,16,23-24H,14-15H2,1-5H3,(H,27,32)/t23-,24+/m1/s1. The summed E-state index contributed by atoms with van der Waals surface area (Å²) in [5.41, 5.74) is 6.90. The molecule has 0 aliphatic carbocycles. The summed E-state index contributed by atoms with van der Waals surface area (Å²) >= 11 is 5.86. The zero-order valence-corrected chi connectivity index (χ0v) is 20.2. The summed E-state index contributed by atoms with van der Waals surface area (Å²) in [6.07, 6.45) is 1.84. The van der Waals surface area contributed by atoms with Crippen molar-refractivity contribution in [1.82, 2.24) is 14.9 Å². The first-order valence-electron chi connectivity index (χ1n) is 10.9. The van der Waals surface area contributed by atoms with E-state index in [0.717, 1.165) is 23.6 Å². The topological polar surface area (TPSA) is 45.6 Å². The predicted molar refractivity (Wildman–Crippen MR) is 134 cm³/mol. The van der Waals surface area contributed by atoms with Crippen LogP contribution in [0.2, 0.25) is 0 Å². The van der Waals surface area contributed by atoms with Crippen LogP contribution in [0.3, 0.4) is 0 Å². The molecule has 2 aromatic heterocycles. The molecule has 1 fully saturated rings. The lowest BCUT2D eigenvalue weighted by molar-refractivity contribution is 0.186. The number of thiocarbonyl (C=S) groups is 1. The highest BCUT2D eigenvalue weighted by Gasteiger charge is 2.42. The van der Waals surface area contributed by atoms with Crippen LogP contribution in [-0.2, 0) is 11.3 Å². The van der Waals surface area contributed by atoms with Crippen molar-refractivity contribution in [3.05, 3.63) is 77.4 Å². The number of aryl methyl sites for hydroxylation is 1. The number of pyridine rings is 1. The molecule has 0 radical (unpaired) electrons. The molecule has 6 nitrogen and oxygen atoms in total. The third-order valence-corrected chi connectivity index (χ3v) is 6.51. The fraction of sp³-hybridized carbons (Fsp3) is 0.360. The molecule has 7 heteroatoms. The van der Waals surface area contributed by atoms with E-state index in [1.807, 2.05) is 32.4 Å². The number of nitrogens with one attached hydrogen (secondary N) is 1. The van der Waals surface area contributed by atoms with Gasteiger partial charge in [-0.15, -0.1) is 0 Å². The summed E-state index contributed by atoms with van der Waals surface area (Å²) in [6, 6.07) is 16.8. The van der Waals surface area contributed by atoms with Gasteiger partial charge in [0, 0.05) is 56.7 Å². The van der Waals surface area contributed by atoms with E-state index < -0.39 is 0 Å². The Morgan fingerprint density at radius 2 is 1.88 bits per heavy atom. The molecule has 32 heavy (non-hydrogen) atoms. The van der Waals surface area contributed by atoms with E-state index in [-0.39, 0.29) is 12.1 Å². The van der Waals surface area contributed by atoms with Crippen molar-refractivity contribution in [2.75, 3.05) is 37.6 Å². The van der Waals surface area contributed by atoms with Gasteiger partial charge in [0.2, 0.25) is 0 Å². The Labute approximate surface area is 195 Å². The number of anilines is 2. The molecule has 0 unspecified atom stereocenters. The summed E-state index contributed by atoms with van der Waals surface area (Å²) in [6.45, 7) is 5.84. The minimum Gasteiger partial charge on any atom is -0.383 e. The molecule has 1 saturated heterocycles. The van der Waals surface area contributed by atoms with E-state index in [1.54, 1.807) is 7.11 Å². The minimum absolute atomic E-state index is 0.00917. The van der Waals surface area contributed by atoms with Crippen LogP contribution in [0, 0.1) is 13.8 Å². The number of nitrogens with zero attached hydrogens (tertiary/aromatic N) is 4. The van der Waals surface area contributed by atoms with Gasteiger partial charge in [0.15, 0.2) is 5.11 Å². The van der Waals surface area contributed by atoms with Crippen LogP contribution < -0.4 is 15.1 Å². The summed E-state index contributed by atoms with van der Waals surface area (Å²) in [4.78, 5) is 8.99. The number of ether oxygens (including phenoxy) is 1. The van der Waals surface area contributed by atoms with Crippen molar-refractivity contribution < 1.29 is 4.74 Å². The molecule has 3 aromatic rings. The van der Waals surface area contributed by atoms with Gasteiger partial charge < -0.3 is 24.4 Å². The lowest BCUT2D eigenvalue weighted by atomic mass is 9.96. The first-order chi connectivity index (χ1) is 15.4. The lowest BCUT2D eigenvalue weighted by Crippen LogP contribution is -2.29. The molecule has 3 heterocycles. The molecule has 1 aromatic carbocycles. The molecular weight excluding hydrogens is 418 g/mol. The third-order valence-electron chi connectivity index (χ3n) is 6.19. The number of methoxy groups -OCH3 is 1. The zero-order valence-electron chi connectivity index (χ0n) is 19.4. The van der Waals surface area contributed by atoms with Gasteiger partial charge in [0.05, 0.1) is 24.4 Å². The van der Waals surface area contributed by atoms with Crippen molar-refractivity contribution >= 4 is 28.7 Å². The maximum atomic E-state index is 5.86. The quantitative estimate of drug-likeness (QED) is 0.540. The van der Waals surface area contributed by atoms with Gasteiger partial charge in [-0.1, -0.05) is 6.07 Å². The third kappa shape index (κ3) is 4.10. The highest BCUT2D eigenvalue weighted by molar-refractivity contribution is 7.80. The van der Waals surface area contributed by atoms with Gasteiger partial charge in [-0.25, -0.2) is 0 Å². The molecule has 168 valence electrons. The summed E-state index contributed by atoms with van der Waals surface area (Å²) in [5, 5.41) is 4.27. The van der Waals surface area contributed by atoms with Crippen LogP contribution in [0.5, 0.6) is 0 Å². The number of benzene rings is 1. The van der Waals surface area contributed by atoms with Crippen molar-refractivity contribution in [1.29, 1.82) is 0 Å². The molecule has 0 spiro atoms.